The molecular formula is C39H48F2N8O7. The third-order valence-electron chi connectivity index (χ3n) is 8.96. The van der Waals surface area contributed by atoms with Gasteiger partial charge in [0.2, 0.25) is 5.88 Å². The van der Waals surface area contributed by atoms with Crippen LogP contribution in [0.25, 0.3) is 5.69 Å². The highest BCUT2D eigenvalue weighted by molar-refractivity contribution is 5.98. The zero-order chi connectivity index (χ0) is 40.8. The van der Waals surface area contributed by atoms with Crippen LogP contribution in [0.5, 0.6) is 5.88 Å². The van der Waals surface area contributed by atoms with Gasteiger partial charge >= 0.3 is 0 Å². The molecule has 0 atom stereocenters. The lowest BCUT2D eigenvalue weighted by molar-refractivity contribution is 0.0700. The minimum Gasteiger partial charge on any atom is -0.471 e. The van der Waals surface area contributed by atoms with E-state index in [1.165, 1.54) is 40.4 Å². The number of amides is 2. The molecule has 17 heteroatoms. The molecule has 0 unspecified atom stereocenters. The minimum absolute atomic E-state index is 0.0127. The molecule has 300 valence electrons. The van der Waals surface area contributed by atoms with Crippen molar-refractivity contribution in [2.45, 2.75) is 85.4 Å². The molecule has 2 amide bonds. The molecule has 0 saturated carbocycles. The van der Waals surface area contributed by atoms with Gasteiger partial charge < -0.3 is 33.6 Å². The van der Waals surface area contributed by atoms with Crippen molar-refractivity contribution >= 4 is 11.8 Å². The molecule has 5 aromatic rings. The van der Waals surface area contributed by atoms with Crippen LogP contribution < -0.4 is 4.74 Å². The van der Waals surface area contributed by atoms with Crippen LogP contribution >= 0.6 is 0 Å². The average Bonchev–Trinajstić information content (AvgIpc) is 3.90. The summed E-state index contributed by atoms with van der Waals surface area (Å²) in [6.07, 6.45) is 2.25. The van der Waals surface area contributed by atoms with Crippen LogP contribution in [0.15, 0.2) is 57.8 Å². The summed E-state index contributed by atoms with van der Waals surface area (Å²) >= 11 is 0. The summed E-state index contributed by atoms with van der Waals surface area (Å²) < 4.78 is 43.0. The Hall–Kier alpha value is -5.55. The first kappa shape index (κ1) is 41.6. The van der Waals surface area contributed by atoms with Crippen LogP contribution in [0, 0.1) is 13.8 Å². The van der Waals surface area contributed by atoms with Gasteiger partial charge in [0, 0.05) is 45.2 Å². The lowest BCUT2D eigenvalue weighted by Gasteiger charge is -2.25. The standard InChI is InChI=1S/C39H48F2N8O7/c1-8-47(21-15-30-45-33(24(2)55-30)38(4,5)52)36(50)27-12-9-11-26(32(27)49-43-18-19-44-49)14-20-48(22-16-31-46-34(25(3)56-31)39(6,7)53)37(51)28-13-10-17-42-35(28)54-23-29(40)41/h9-13,17-19,29,52-53H,8,14-16,20-23H2,1-7H3. The van der Waals surface area contributed by atoms with Gasteiger partial charge in [-0.3, -0.25) is 9.59 Å². The second-order valence-corrected chi connectivity index (χ2v) is 14.3. The molecule has 0 spiro atoms. The molecule has 0 aliphatic carbocycles. The highest BCUT2D eigenvalue weighted by Crippen LogP contribution is 2.27. The first-order chi connectivity index (χ1) is 26.5. The number of hydrogen-bond donors (Lipinski definition) is 2. The van der Waals surface area contributed by atoms with E-state index in [2.05, 4.69) is 25.1 Å². The monoisotopic (exact) mass is 778 g/mol. The topological polar surface area (TPSA) is 186 Å². The van der Waals surface area contributed by atoms with Gasteiger partial charge in [-0.2, -0.15) is 15.0 Å². The first-order valence-electron chi connectivity index (χ1n) is 18.3. The van der Waals surface area contributed by atoms with Gasteiger partial charge in [0.05, 0.1) is 18.0 Å². The molecule has 0 aliphatic heterocycles. The molecule has 5 rings (SSSR count). The molecule has 0 aliphatic rings. The lowest BCUT2D eigenvalue weighted by atomic mass is 10.0. The van der Waals surface area contributed by atoms with Crippen molar-refractivity contribution in [1.29, 1.82) is 0 Å². The number of aryl methyl sites for hydroxylation is 2. The van der Waals surface area contributed by atoms with Gasteiger partial charge in [-0.25, -0.2) is 23.7 Å². The van der Waals surface area contributed by atoms with E-state index in [-0.39, 0.29) is 49.8 Å². The average molecular weight is 779 g/mol. The van der Waals surface area contributed by atoms with Gasteiger partial charge in [-0.15, -0.1) is 0 Å². The highest BCUT2D eigenvalue weighted by atomic mass is 19.3. The maximum absolute atomic E-state index is 14.2. The summed E-state index contributed by atoms with van der Waals surface area (Å²) in [6.45, 7) is 11.6. The number of hydrogen-bond acceptors (Lipinski definition) is 12. The van der Waals surface area contributed by atoms with Crippen LogP contribution in [-0.2, 0) is 30.5 Å². The Morgan fingerprint density at radius 3 is 1.88 bits per heavy atom. The Balaban J connectivity index is 1.44. The molecule has 0 bridgehead atoms. The van der Waals surface area contributed by atoms with Crippen LogP contribution in [0.3, 0.4) is 0 Å². The van der Waals surface area contributed by atoms with Crippen molar-refractivity contribution in [1.82, 2.24) is 39.7 Å². The summed E-state index contributed by atoms with van der Waals surface area (Å²) in [6, 6.07) is 8.21. The lowest BCUT2D eigenvalue weighted by Crippen LogP contribution is -2.36. The molecule has 2 N–H and O–H groups in total. The number of likely N-dealkylation sites (N-methyl/N-ethyl adjacent to an activating group) is 1. The second-order valence-electron chi connectivity index (χ2n) is 14.3. The van der Waals surface area contributed by atoms with Gasteiger partial charge in [0.15, 0.2) is 18.4 Å². The molecule has 4 heterocycles. The second kappa shape index (κ2) is 17.5. The van der Waals surface area contributed by atoms with E-state index in [0.717, 1.165) is 0 Å². The Labute approximate surface area is 323 Å². The molecule has 0 radical (unpaired) electrons. The van der Waals surface area contributed by atoms with Crippen LogP contribution in [0.2, 0.25) is 0 Å². The van der Waals surface area contributed by atoms with E-state index < -0.39 is 30.1 Å². The quantitative estimate of drug-likeness (QED) is 0.122. The van der Waals surface area contributed by atoms with Crippen molar-refractivity contribution in [2.24, 2.45) is 0 Å². The summed E-state index contributed by atoms with van der Waals surface area (Å²) in [5.41, 5.74) is -0.255. The van der Waals surface area contributed by atoms with Crippen molar-refractivity contribution < 1.29 is 42.2 Å². The highest BCUT2D eigenvalue weighted by Gasteiger charge is 2.29. The van der Waals surface area contributed by atoms with E-state index in [9.17, 15) is 28.6 Å². The molecule has 1 aromatic carbocycles. The van der Waals surface area contributed by atoms with E-state index >= 15 is 0 Å². The molecular weight excluding hydrogens is 730 g/mol. The maximum atomic E-state index is 14.2. The Bertz CT molecular complexity index is 2100. The van der Waals surface area contributed by atoms with Gasteiger partial charge in [0.1, 0.15) is 45.4 Å². The number of benzene rings is 1. The van der Waals surface area contributed by atoms with Gasteiger partial charge in [0.25, 0.3) is 18.2 Å². The van der Waals surface area contributed by atoms with E-state index in [1.54, 1.807) is 58.6 Å². The Kier molecular flexibility index (Phi) is 13.0. The fourth-order valence-corrected chi connectivity index (χ4v) is 6.37. The molecule has 0 fully saturated rings. The third-order valence-corrected chi connectivity index (χ3v) is 8.96. The van der Waals surface area contributed by atoms with E-state index in [1.807, 2.05) is 13.0 Å². The van der Waals surface area contributed by atoms with E-state index in [0.29, 0.717) is 64.5 Å². The number of nitrogens with zero attached hydrogens (tertiary/aromatic N) is 8. The Morgan fingerprint density at radius 2 is 1.34 bits per heavy atom. The smallest absolute Gasteiger partial charge is 0.272 e. The summed E-state index contributed by atoms with van der Waals surface area (Å²) in [5, 5.41) is 29.7. The van der Waals surface area contributed by atoms with Crippen molar-refractivity contribution in [3.63, 3.8) is 0 Å². The normalized spacial score (nSPS) is 12.0. The predicted molar refractivity (Wildman–Crippen MR) is 199 cm³/mol. The molecule has 15 nitrogen and oxygen atoms in total. The van der Waals surface area contributed by atoms with Gasteiger partial charge in [-0.05, 0) is 78.6 Å². The van der Waals surface area contributed by atoms with Crippen LogP contribution in [-0.4, -0.2) is 101 Å². The number of oxazole rings is 2. The number of aromatic nitrogens is 6. The van der Waals surface area contributed by atoms with Crippen LogP contribution in [0.4, 0.5) is 8.78 Å². The number of rotatable bonds is 18. The van der Waals surface area contributed by atoms with Crippen LogP contribution in [0.1, 0.15) is 95.6 Å². The maximum Gasteiger partial charge on any atom is 0.272 e. The number of halogens is 2. The zero-order valence-electron chi connectivity index (χ0n) is 32.6. The largest absolute Gasteiger partial charge is 0.471 e. The third kappa shape index (κ3) is 10.00. The van der Waals surface area contributed by atoms with Crippen molar-refractivity contribution in [2.75, 3.05) is 32.8 Å². The SMILES string of the molecule is CCN(CCc1nc(C(C)(C)O)c(C)o1)C(=O)c1cccc(CCN(CCc2nc(C(C)(C)O)c(C)o2)C(=O)c2cccnc2OCC(F)F)c1-n1nccn1. The number of para-hydroxylation sites is 1. The number of aliphatic hydroxyl groups is 2. The van der Waals surface area contributed by atoms with Crippen molar-refractivity contribution in [3.05, 3.63) is 100 Å². The van der Waals surface area contributed by atoms with Gasteiger partial charge in [-0.1, -0.05) is 12.1 Å². The molecule has 0 saturated heterocycles. The van der Waals surface area contributed by atoms with E-state index in [4.69, 9.17) is 13.6 Å². The first-order valence-corrected chi connectivity index (χ1v) is 18.3. The summed E-state index contributed by atoms with van der Waals surface area (Å²) in [7, 11) is 0. The number of pyridine rings is 1. The number of carbonyl (C=O) groups is 2. The number of alkyl halides is 2. The number of carbonyl (C=O) groups excluding carboxylic acids is 2. The Morgan fingerprint density at radius 1 is 0.804 bits per heavy atom. The predicted octanol–water partition coefficient (Wildman–Crippen LogP) is 4.99. The fraction of sp³-hybridized carbons (Fsp3) is 0.462. The zero-order valence-corrected chi connectivity index (χ0v) is 32.6. The minimum atomic E-state index is -2.78. The summed E-state index contributed by atoms with van der Waals surface area (Å²) in [5.74, 6) is 0.569. The fourth-order valence-electron chi connectivity index (χ4n) is 6.37. The summed E-state index contributed by atoms with van der Waals surface area (Å²) in [4.78, 5) is 45.9. The molecule has 56 heavy (non-hydrogen) atoms. The van der Waals surface area contributed by atoms with Crippen molar-refractivity contribution in [3.8, 4) is 11.6 Å². The molecule has 4 aromatic heterocycles. The number of ether oxygens (including phenoxy) is 1.